The lowest BCUT2D eigenvalue weighted by atomic mass is 9.91. The average molecular weight is 346 g/mol. The number of hydrogen-bond acceptors (Lipinski definition) is 1. The van der Waals surface area contributed by atoms with Crippen LogP contribution < -0.4 is 0 Å². The summed E-state index contributed by atoms with van der Waals surface area (Å²) in [5, 5.41) is 9.63. The largest absolute Gasteiger partial charge is 0.431 e. The molecule has 0 aromatic heterocycles. The Morgan fingerprint density at radius 3 is 1.61 bits per heavy atom. The Kier molecular flexibility index (Phi) is 5.72. The Morgan fingerprint density at radius 2 is 1.26 bits per heavy atom. The third-order valence-electron chi connectivity index (χ3n) is 3.88. The summed E-state index contributed by atoms with van der Waals surface area (Å²) in [6.45, 7) is 3.81. The van der Waals surface area contributed by atoms with E-state index in [-0.39, 0.29) is 11.5 Å². The average Bonchev–Trinajstić information content (AvgIpc) is 2.44. The standard InChI is InChI=1S/C15H17F7O/c1-3-9(2)10-4-6-11(7-5-10)12(23)8-13(16,14(17,18)19)15(20,21)22/h4-7,9,12,23H,3,8H2,1-2H3. The molecule has 1 rings (SSSR count). The van der Waals surface area contributed by atoms with Gasteiger partial charge in [0.1, 0.15) is 0 Å². The Labute approximate surface area is 129 Å². The number of aliphatic hydroxyl groups excluding tert-OH is 1. The van der Waals surface area contributed by atoms with Gasteiger partial charge in [-0.2, -0.15) is 26.3 Å². The van der Waals surface area contributed by atoms with Gasteiger partial charge in [0.15, 0.2) is 0 Å². The van der Waals surface area contributed by atoms with E-state index in [1.165, 1.54) is 24.3 Å². The van der Waals surface area contributed by atoms with Gasteiger partial charge in [0.25, 0.3) is 0 Å². The highest BCUT2D eigenvalue weighted by molar-refractivity contribution is 5.26. The first-order chi connectivity index (χ1) is 10.3. The van der Waals surface area contributed by atoms with Crippen LogP contribution in [-0.4, -0.2) is 23.1 Å². The van der Waals surface area contributed by atoms with Crippen molar-refractivity contribution < 1.29 is 35.8 Å². The minimum absolute atomic E-state index is 0.145. The molecule has 0 spiro atoms. The maximum absolute atomic E-state index is 13.6. The van der Waals surface area contributed by atoms with E-state index in [1.807, 2.05) is 13.8 Å². The molecule has 1 N–H and O–H groups in total. The van der Waals surface area contributed by atoms with Crippen molar-refractivity contribution >= 4 is 0 Å². The Morgan fingerprint density at radius 1 is 0.870 bits per heavy atom. The molecular weight excluding hydrogens is 329 g/mol. The molecule has 0 saturated carbocycles. The molecule has 2 unspecified atom stereocenters. The number of benzene rings is 1. The minimum atomic E-state index is -6.16. The van der Waals surface area contributed by atoms with Crippen LogP contribution in [-0.2, 0) is 0 Å². The molecule has 0 radical (unpaired) electrons. The van der Waals surface area contributed by atoms with Crippen LogP contribution in [0.25, 0.3) is 0 Å². The van der Waals surface area contributed by atoms with Gasteiger partial charge in [-0.05, 0) is 23.5 Å². The van der Waals surface area contributed by atoms with Gasteiger partial charge in [0.05, 0.1) is 6.10 Å². The van der Waals surface area contributed by atoms with Crippen LogP contribution in [0, 0.1) is 0 Å². The van der Waals surface area contributed by atoms with Gasteiger partial charge in [0, 0.05) is 6.42 Å². The number of halogens is 7. The number of aliphatic hydroxyl groups is 1. The van der Waals surface area contributed by atoms with Gasteiger partial charge in [-0.15, -0.1) is 0 Å². The highest BCUT2D eigenvalue weighted by atomic mass is 19.4. The molecule has 0 heterocycles. The monoisotopic (exact) mass is 346 g/mol. The molecule has 1 nitrogen and oxygen atoms in total. The molecule has 0 aliphatic heterocycles. The first-order valence-corrected chi connectivity index (χ1v) is 6.93. The number of rotatable bonds is 5. The van der Waals surface area contributed by atoms with Gasteiger partial charge in [-0.1, -0.05) is 38.1 Å². The molecule has 1 aromatic carbocycles. The van der Waals surface area contributed by atoms with Crippen molar-refractivity contribution in [3.05, 3.63) is 35.4 Å². The minimum Gasteiger partial charge on any atom is -0.388 e. The Hall–Kier alpha value is -1.31. The van der Waals surface area contributed by atoms with Gasteiger partial charge in [-0.25, -0.2) is 4.39 Å². The third kappa shape index (κ3) is 4.16. The molecule has 0 fully saturated rings. The quantitative estimate of drug-likeness (QED) is 0.702. The van der Waals surface area contributed by atoms with Crippen molar-refractivity contribution in [1.82, 2.24) is 0 Å². The van der Waals surface area contributed by atoms with Crippen LogP contribution in [0.4, 0.5) is 30.7 Å². The predicted molar refractivity (Wildman–Crippen MR) is 70.7 cm³/mol. The second-order valence-corrected chi connectivity index (χ2v) is 5.49. The lowest BCUT2D eigenvalue weighted by Gasteiger charge is -2.31. The van der Waals surface area contributed by atoms with Crippen LogP contribution in [0.15, 0.2) is 24.3 Å². The molecule has 23 heavy (non-hydrogen) atoms. The van der Waals surface area contributed by atoms with Crippen molar-refractivity contribution in [3.8, 4) is 0 Å². The van der Waals surface area contributed by atoms with Gasteiger partial charge >= 0.3 is 18.0 Å². The second-order valence-electron chi connectivity index (χ2n) is 5.49. The SMILES string of the molecule is CCC(C)c1ccc(C(O)CC(F)(C(F)(F)F)C(F)(F)F)cc1. The smallest absolute Gasteiger partial charge is 0.388 e. The summed E-state index contributed by atoms with van der Waals surface area (Å²) < 4.78 is 88.5. The van der Waals surface area contributed by atoms with Crippen molar-refractivity contribution in [2.75, 3.05) is 0 Å². The highest BCUT2D eigenvalue weighted by Crippen LogP contribution is 2.50. The van der Waals surface area contributed by atoms with E-state index >= 15 is 0 Å². The van der Waals surface area contributed by atoms with Crippen molar-refractivity contribution in [2.45, 2.75) is 56.7 Å². The summed E-state index contributed by atoms with van der Waals surface area (Å²) in [6, 6.07) is 5.40. The Balaban J connectivity index is 3.03. The normalized spacial score (nSPS) is 16.3. The van der Waals surface area contributed by atoms with Crippen LogP contribution in [0.1, 0.15) is 49.8 Å². The lowest BCUT2D eigenvalue weighted by Crippen LogP contribution is -2.54. The maximum Gasteiger partial charge on any atom is 0.431 e. The fourth-order valence-corrected chi connectivity index (χ4v) is 2.06. The molecule has 2 atom stereocenters. The highest BCUT2D eigenvalue weighted by Gasteiger charge is 2.72. The molecular formula is C15H17F7O. The molecule has 0 saturated heterocycles. The predicted octanol–water partition coefficient (Wildman–Crippen LogP) is 5.46. The fourth-order valence-electron chi connectivity index (χ4n) is 2.06. The summed E-state index contributed by atoms with van der Waals surface area (Å²) in [7, 11) is 0. The van der Waals surface area contributed by atoms with Crippen molar-refractivity contribution in [1.29, 1.82) is 0 Å². The summed E-state index contributed by atoms with van der Waals surface area (Å²) in [5.74, 6) is 0.145. The van der Waals surface area contributed by atoms with E-state index in [2.05, 4.69) is 0 Å². The van der Waals surface area contributed by atoms with E-state index in [0.717, 1.165) is 12.0 Å². The first kappa shape index (κ1) is 19.7. The molecule has 0 aliphatic rings. The third-order valence-corrected chi connectivity index (χ3v) is 3.88. The van der Waals surface area contributed by atoms with Crippen LogP contribution in [0.5, 0.6) is 0 Å². The summed E-state index contributed by atoms with van der Waals surface area (Å²) in [4.78, 5) is 0. The zero-order valence-corrected chi connectivity index (χ0v) is 12.5. The van der Waals surface area contributed by atoms with Crippen LogP contribution in [0.3, 0.4) is 0 Å². The molecule has 8 heteroatoms. The molecule has 0 bridgehead atoms. The fraction of sp³-hybridized carbons (Fsp3) is 0.600. The van der Waals surface area contributed by atoms with Crippen LogP contribution in [0.2, 0.25) is 0 Å². The van der Waals surface area contributed by atoms with Gasteiger partial charge in [-0.3, -0.25) is 0 Å². The van der Waals surface area contributed by atoms with E-state index in [4.69, 9.17) is 0 Å². The van der Waals surface area contributed by atoms with Crippen molar-refractivity contribution in [2.24, 2.45) is 0 Å². The zero-order valence-electron chi connectivity index (χ0n) is 12.5. The van der Waals surface area contributed by atoms with Crippen LogP contribution >= 0.6 is 0 Å². The lowest BCUT2D eigenvalue weighted by molar-refractivity contribution is -0.347. The molecule has 0 aliphatic carbocycles. The summed E-state index contributed by atoms with van der Waals surface area (Å²) in [5.41, 5.74) is -4.84. The van der Waals surface area contributed by atoms with Crippen molar-refractivity contribution in [3.63, 3.8) is 0 Å². The van der Waals surface area contributed by atoms with E-state index < -0.39 is 30.5 Å². The zero-order chi connectivity index (χ0) is 18.1. The molecule has 132 valence electrons. The summed E-state index contributed by atoms with van der Waals surface area (Å²) >= 11 is 0. The van der Waals surface area contributed by atoms with E-state index in [1.54, 1.807) is 0 Å². The topological polar surface area (TPSA) is 20.2 Å². The molecule has 1 aromatic rings. The van der Waals surface area contributed by atoms with Gasteiger partial charge < -0.3 is 5.11 Å². The number of alkyl halides is 7. The number of hydrogen-bond donors (Lipinski definition) is 1. The van der Waals surface area contributed by atoms with E-state index in [0.29, 0.717) is 0 Å². The maximum atomic E-state index is 13.6. The first-order valence-electron chi connectivity index (χ1n) is 6.93. The second kappa shape index (κ2) is 6.67. The Bertz CT molecular complexity index is 490. The van der Waals surface area contributed by atoms with Gasteiger partial charge in [0.2, 0.25) is 0 Å². The van der Waals surface area contributed by atoms with E-state index in [9.17, 15) is 35.8 Å². The molecule has 0 amide bonds. The summed E-state index contributed by atoms with van der Waals surface area (Å²) in [6.07, 6.45) is -15.9.